The van der Waals surface area contributed by atoms with Gasteiger partial charge in [0.1, 0.15) is 17.6 Å². The quantitative estimate of drug-likeness (QED) is 0.508. The molecule has 0 saturated carbocycles. The lowest BCUT2D eigenvalue weighted by Gasteiger charge is -2.20. The molecule has 0 fully saturated rings. The number of carbonyl (C=O) groups is 2. The van der Waals surface area contributed by atoms with Gasteiger partial charge in [-0.15, -0.1) is 0 Å². The highest BCUT2D eigenvalue weighted by atomic mass is 35.5. The number of aromatic amines is 1. The van der Waals surface area contributed by atoms with Crippen molar-refractivity contribution >= 4 is 46.8 Å². The van der Waals surface area contributed by atoms with E-state index in [1.165, 1.54) is 11.1 Å². The average molecular weight is 414 g/mol. The van der Waals surface area contributed by atoms with Crippen LogP contribution in [0.25, 0.3) is 5.70 Å². The summed E-state index contributed by atoms with van der Waals surface area (Å²) in [6.07, 6.45) is 4.59. The number of hydrogen-bond donors (Lipinski definition) is 3. The maximum atomic E-state index is 12.6. The summed E-state index contributed by atoms with van der Waals surface area (Å²) < 4.78 is 0. The molecule has 1 aliphatic rings. The van der Waals surface area contributed by atoms with Gasteiger partial charge in [-0.25, -0.2) is 9.98 Å². The van der Waals surface area contributed by atoms with Gasteiger partial charge >= 0.3 is 0 Å². The molecule has 150 valence electrons. The Morgan fingerprint density at radius 1 is 1.41 bits per heavy atom. The second-order valence-corrected chi connectivity index (χ2v) is 6.93. The zero-order valence-corrected chi connectivity index (χ0v) is 16.6. The largest absolute Gasteiger partial charge is 0.397 e. The van der Waals surface area contributed by atoms with Crippen molar-refractivity contribution in [3.05, 3.63) is 52.3 Å². The monoisotopic (exact) mass is 413 g/mol. The third-order valence-corrected chi connectivity index (χ3v) is 4.83. The van der Waals surface area contributed by atoms with E-state index >= 15 is 0 Å². The van der Waals surface area contributed by atoms with Crippen molar-refractivity contribution in [2.45, 2.75) is 26.4 Å². The number of amides is 2. The van der Waals surface area contributed by atoms with Crippen LogP contribution in [-0.2, 0) is 11.3 Å². The van der Waals surface area contributed by atoms with E-state index < -0.39 is 11.9 Å². The Balaban J connectivity index is 1.82. The number of carbonyl (C=O) groups excluding carboxylic acids is 2. The number of rotatable bonds is 5. The van der Waals surface area contributed by atoms with Crippen molar-refractivity contribution in [2.24, 2.45) is 21.5 Å². The van der Waals surface area contributed by atoms with E-state index in [1.807, 2.05) is 0 Å². The number of benzene rings is 1. The van der Waals surface area contributed by atoms with Gasteiger partial charge in [0.2, 0.25) is 5.91 Å². The molecule has 2 heterocycles. The maximum absolute atomic E-state index is 12.6. The van der Waals surface area contributed by atoms with E-state index in [-0.39, 0.29) is 16.6 Å². The van der Waals surface area contributed by atoms with Crippen molar-refractivity contribution in [1.82, 2.24) is 15.1 Å². The zero-order chi connectivity index (χ0) is 21.1. The Morgan fingerprint density at radius 2 is 2.17 bits per heavy atom. The first-order valence-electron chi connectivity index (χ1n) is 8.75. The van der Waals surface area contributed by atoms with E-state index in [4.69, 9.17) is 23.1 Å². The number of nitrogens with zero attached hydrogens (tertiary/aromatic N) is 4. The highest BCUT2D eigenvalue weighted by molar-refractivity contribution is 6.42. The summed E-state index contributed by atoms with van der Waals surface area (Å²) in [4.78, 5) is 33.9. The number of amidine groups is 1. The molecule has 0 spiro atoms. The molecule has 1 aromatic heterocycles. The highest BCUT2D eigenvalue weighted by Crippen LogP contribution is 2.28. The second-order valence-electron chi connectivity index (χ2n) is 6.52. The summed E-state index contributed by atoms with van der Waals surface area (Å²) >= 11 is 6.28. The number of aromatic nitrogens is 2. The van der Waals surface area contributed by atoms with Crippen LogP contribution in [0, 0.1) is 0 Å². The molecule has 1 atom stereocenters. The SMILES string of the molecule is CC(N=CC(Cl)=C(N)c1ccc2c(c1)C(=O)N([C@H](C)C(N)=O)C2)=Nc1cn[nH]c1. The van der Waals surface area contributed by atoms with Crippen LogP contribution in [0.15, 0.2) is 45.6 Å². The third-order valence-electron chi connectivity index (χ3n) is 4.53. The van der Waals surface area contributed by atoms with Gasteiger partial charge in [-0.05, 0) is 31.0 Å². The number of hydrogen-bond acceptors (Lipinski definition) is 5. The molecule has 1 aromatic carbocycles. The molecule has 0 bridgehead atoms. The van der Waals surface area contributed by atoms with Gasteiger partial charge in [0, 0.05) is 24.5 Å². The Hall–Kier alpha value is -3.46. The molecule has 0 saturated heterocycles. The standard InChI is InChI=1S/C19H20ClN7O2/c1-10(18(22)28)27-9-13-4-3-12(5-15(13)19(27)29)17(21)16(20)8-23-11(2)26-14-6-24-25-7-14/h3-8,10H,9,21H2,1-2H3,(H2,22,28)(H,24,25)/t10-/m1/s1. The molecule has 1 aliphatic heterocycles. The Bertz CT molecular complexity index is 1040. The van der Waals surface area contributed by atoms with Crippen LogP contribution in [0.1, 0.15) is 35.3 Å². The molecular formula is C19H20ClN7O2. The van der Waals surface area contributed by atoms with Gasteiger partial charge in [0.05, 0.1) is 16.9 Å². The van der Waals surface area contributed by atoms with Crippen molar-refractivity contribution in [1.29, 1.82) is 0 Å². The highest BCUT2D eigenvalue weighted by Gasteiger charge is 2.33. The maximum Gasteiger partial charge on any atom is 0.255 e. The lowest BCUT2D eigenvalue weighted by atomic mass is 10.0. The molecule has 2 aromatic rings. The van der Waals surface area contributed by atoms with Crippen molar-refractivity contribution in [2.75, 3.05) is 0 Å². The van der Waals surface area contributed by atoms with E-state index in [0.717, 1.165) is 5.56 Å². The lowest BCUT2D eigenvalue weighted by Crippen LogP contribution is -2.42. The smallest absolute Gasteiger partial charge is 0.255 e. The minimum Gasteiger partial charge on any atom is -0.397 e. The van der Waals surface area contributed by atoms with Gasteiger partial charge in [-0.1, -0.05) is 23.7 Å². The van der Waals surface area contributed by atoms with Gasteiger partial charge in [-0.2, -0.15) is 5.10 Å². The molecule has 29 heavy (non-hydrogen) atoms. The number of aliphatic imine (C=N–C) groups is 2. The minimum absolute atomic E-state index is 0.208. The van der Waals surface area contributed by atoms with Crippen LogP contribution in [0.5, 0.6) is 0 Å². The van der Waals surface area contributed by atoms with Crippen molar-refractivity contribution in [3.8, 4) is 0 Å². The number of H-pyrrole nitrogens is 1. The molecule has 2 amide bonds. The van der Waals surface area contributed by atoms with Crippen molar-refractivity contribution < 1.29 is 9.59 Å². The van der Waals surface area contributed by atoms with Gasteiger partial charge in [-0.3, -0.25) is 14.7 Å². The summed E-state index contributed by atoms with van der Waals surface area (Å²) in [5.74, 6) is -0.358. The summed E-state index contributed by atoms with van der Waals surface area (Å²) in [6.45, 7) is 3.63. The fraction of sp³-hybridized carbons (Fsp3) is 0.211. The number of nitrogens with one attached hydrogen (secondary N) is 1. The predicted octanol–water partition coefficient (Wildman–Crippen LogP) is 1.93. The second kappa shape index (κ2) is 8.27. The minimum atomic E-state index is -0.695. The lowest BCUT2D eigenvalue weighted by molar-refractivity contribution is -0.122. The van der Waals surface area contributed by atoms with Crippen molar-refractivity contribution in [3.63, 3.8) is 0 Å². The van der Waals surface area contributed by atoms with Gasteiger partial charge in [0.15, 0.2) is 0 Å². The van der Waals surface area contributed by atoms with E-state index in [0.29, 0.717) is 29.2 Å². The van der Waals surface area contributed by atoms with E-state index in [2.05, 4.69) is 20.2 Å². The van der Waals surface area contributed by atoms with Crippen LogP contribution in [-0.4, -0.2) is 45.0 Å². The van der Waals surface area contributed by atoms with Crippen LogP contribution in [0.3, 0.4) is 0 Å². The van der Waals surface area contributed by atoms with Crippen LogP contribution in [0.2, 0.25) is 0 Å². The molecule has 3 rings (SSSR count). The van der Waals surface area contributed by atoms with Gasteiger partial charge < -0.3 is 16.4 Å². The van der Waals surface area contributed by atoms with E-state index in [1.54, 1.807) is 44.4 Å². The van der Waals surface area contributed by atoms with Crippen LogP contribution in [0.4, 0.5) is 5.69 Å². The molecule has 0 radical (unpaired) electrons. The number of allylic oxidation sites excluding steroid dienone is 1. The van der Waals surface area contributed by atoms with Crippen LogP contribution < -0.4 is 11.5 Å². The number of nitrogens with two attached hydrogens (primary N) is 2. The number of primary amides is 1. The van der Waals surface area contributed by atoms with E-state index in [9.17, 15) is 9.59 Å². The zero-order valence-electron chi connectivity index (χ0n) is 15.9. The molecule has 10 heteroatoms. The fourth-order valence-corrected chi connectivity index (χ4v) is 2.99. The summed E-state index contributed by atoms with van der Waals surface area (Å²) in [7, 11) is 0. The number of fused-ring (bicyclic) bond motifs is 1. The first-order valence-corrected chi connectivity index (χ1v) is 9.12. The first-order chi connectivity index (χ1) is 13.8. The first kappa shape index (κ1) is 20.3. The Kier molecular flexibility index (Phi) is 5.79. The average Bonchev–Trinajstić information content (AvgIpc) is 3.32. The fourth-order valence-electron chi connectivity index (χ4n) is 2.84. The number of halogens is 1. The summed E-state index contributed by atoms with van der Waals surface area (Å²) in [5, 5.41) is 6.67. The summed E-state index contributed by atoms with van der Waals surface area (Å²) in [5.41, 5.74) is 14.2. The third kappa shape index (κ3) is 4.35. The van der Waals surface area contributed by atoms with Crippen LogP contribution >= 0.6 is 11.6 Å². The topological polar surface area (TPSA) is 143 Å². The molecule has 9 nitrogen and oxygen atoms in total. The Labute approximate surface area is 172 Å². The normalized spacial score (nSPS) is 16.2. The Morgan fingerprint density at radius 3 is 2.83 bits per heavy atom. The predicted molar refractivity (Wildman–Crippen MR) is 112 cm³/mol. The molecule has 5 N–H and O–H groups in total. The molecule has 0 aliphatic carbocycles. The molecular weight excluding hydrogens is 394 g/mol. The van der Waals surface area contributed by atoms with Gasteiger partial charge in [0.25, 0.3) is 5.91 Å². The summed E-state index contributed by atoms with van der Waals surface area (Å²) in [6, 6.07) is 4.52. The molecule has 0 unspecified atom stereocenters.